The van der Waals surface area contributed by atoms with Crippen LogP contribution < -0.4 is 4.90 Å². The maximum absolute atomic E-state index is 12.9. The zero-order valence-electron chi connectivity index (χ0n) is 11.4. The zero-order chi connectivity index (χ0) is 13.8. The lowest BCUT2D eigenvalue weighted by molar-refractivity contribution is 0.627. The minimum absolute atomic E-state index is 0.178. The van der Waals surface area contributed by atoms with E-state index in [1.165, 1.54) is 23.4 Å². The van der Waals surface area contributed by atoms with Crippen LogP contribution in [0, 0.1) is 5.82 Å². The molecule has 3 rings (SSSR count). The maximum atomic E-state index is 12.9. The quantitative estimate of drug-likeness (QED) is 0.754. The monoisotopic (exact) mass is 267 g/mol. The molecule has 0 atom stereocenters. The third-order valence-electron chi connectivity index (χ3n) is 3.68. The minimum Gasteiger partial charge on any atom is -0.368 e. The summed E-state index contributed by atoms with van der Waals surface area (Å²) in [6.45, 7) is 2.09. The van der Waals surface area contributed by atoms with Gasteiger partial charge in [-0.25, -0.2) is 4.39 Å². The van der Waals surface area contributed by atoms with Gasteiger partial charge in [-0.2, -0.15) is 0 Å². The molecule has 1 heterocycles. The molecule has 1 nitrogen and oxygen atoms in total. The van der Waals surface area contributed by atoms with Gasteiger partial charge in [0.15, 0.2) is 0 Å². The van der Waals surface area contributed by atoms with Crippen molar-refractivity contribution in [2.24, 2.45) is 0 Å². The van der Waals surface area contributed by atoms with Crippen LogP contribution in [-0.4, -0.2) is 13.1 Å². The van der Waals surface area contributed by atoms with Crippen molar-refractivity contribution < 1.29 is 4.39 Å². The summed E-state index contributed by atoms with van der Waals surface area (Å²) in [6.07, 6.45) is 6.42. The summed E-state index contributed by atoms with van der Waals surface area (Å²) in [4.78, 5) is 2.38. The summed E-state index contributed by atoms with van der Waals surface area (Å²) in [7, 11) is 0. The Hall–Kier alpha value is -2.09. The number of anilines is 1. The van der Waals surface area contributed by atoms with Crippen molar-refractivity contribution in [2.45, 2.75) is 12.8 Å². The van der Waals surface area contributed by atoms with Gasteiger partial charge in [-0.1, -0.05) is 36.4 Å². The number of rotatable bonds is 3. The van der Waals surface area contributed by atoms with E-state index in [0.717, 1.165) is 31.5 Å². The third-order valence-corrected chi connectivity index (χ3v) is 3.68. The van der Waals surface area contributed by atoms with Gasteiger partial charge >= 0.3 is 0 Å². The van der Waals surface area contributed by atoms with E-state index in [0.29, 0.717) is 0 Å². The SMILES string of the molecule is Fc1ccc(Cc2ccc(N3CC=CCC3)cc2)cc1. The first-order chi connectivity index (χ1) is 9.81. The molecule has 0 unspecified atom stereocenters. The average molecular weight is 267 g/mol. The molecule has 0 spiro atoms. The highest BCUT2D eigenvalue weighted by Crippen LogP contribution is 2.19. The number of benzene rings is 2. The zero-order valence-corrected chi connectivity index (χ0v) is 11.4. The molecular formula is C18H18FN. The second-order valence-corrected chi connectivity index (χ2v) is 5.18. The van der Waals surface area contributed by atoms with E-state index in [4.69, 9.17) is 0 Å². The summed E-state index contributed by atoms with van der Waals surface area (Å²) in [5, 5.41) is 0. The molecule has 0 fully saturated rings. The lowest BCUT2D eigenvalue weighted by atomic mass is 10.0. The van der Waals surface area contributed by atoms with Crippen molar-refractivity contribution in [1.29, 1.82) is 0 Å². The fourth-order valence-corrected chi connectivity index (χ4v) is 2.54. The first kappa shape index (κ1) is 12.9. The van der Waals surface area contributed by atoms with E-state index in [-0.39, 0.29) is 5.82 Å². The van der Waals surface area contributed by atoms with Crippen LogP contribution in [0.5, 0.6) is 0 Å². The predicted molar refractivity (Wildman–Crippen MR) is 81.6 cm³/mol. The first-order valence-electron chi connectivity index (χ1n) is 7.04. The highest BCUT2D eigenvalue weighted by atomic mass is 19.1. The van der Waals surface area contributed by atoms with Gasteiger partial charge in [0, 0.05) is 18.8 Å². The Labute approximate surface area is 119 Å². The standard InChI is InChI=1S/C18H18FN/c19-17-8-4-15(5-9-17)14-16-6-10-18(11-7-16)20-12-2-1-3-13-20/h1-2,4-11H,3,12-14H2. The van der Waals surface area contributed by atoms with Crippen molar-refractivity contribution >= 4 is 5.69 Å². The Balaban J connectivity index is 1.69. The molecule has 102 valence electrons. The molecule has 1 aliphatic rings. The van der Waals surface area contributed by atoms with E-state index in [2.05, 4.69) is 41.3 Å². The maximum Gasteiger partial charge on any atom is 0.123 e. The van der Waals surface area contributed by atoms with Crippen LogP contribution in [0.3, 0.4) is 0 Å². The number of hydrogen-bond acceptors (Lipinski definition) is 1. The van der Waals surface area contributed by atoms with Crippen LogP contribution in [0.2, 0.25) is 0 Å². The smallest absolute Gasteiger partial charge is 0.123 e. The highest BCUT2D eigenvalue weighted by Gasteiger charge is 2.07. The van der Waals surface area contributed by atoms with E-state index in [9.17, 15) is 4.39 Å². The first-order valence-corrected chi connectivity index (χ1v) is 7.04. The minimum atomic E-state index is -0.178. The lowest BCUT2D eigenvalue weighted by Crippen LogP contribution is -2.26. The Morgan fingerprint density at radius 3 is 2.10 bits per heavy atom. The van der Waals surface area contributed by atoms with Gasteiger partial charge in [0.05, 0.1) is 0 Å². The average Bonchev–Trinajstić information content (AvgIpc) is 2.51. The van der Waals surface area contributed by atoms with Crippen molar-refractivity contribution in [3.05, 3.63) is 77.6 Å². The summed E-state index contributed by atoms with van der Waals surface area (Å²) < 4.78 is 12.9. The summed E-state index contributed by atoms with van der Waals surface area (Å²) in [6, 6.07) is 15.4. The number of hydrogen-bond donors (Lipinski definition) is 0. The van der Waals surface area contributed by atoms with Gasteiger partial charge in [-0.15, -0.1) is 0 Å². The van der Waals surface area contributed by atoms with Gasteiger partial charge in [0.1, 0.15) is 5.82 Å². The van der Waals surface area contributed by atoms with Crippen LogP contribution in [0.25, 0.3) is 0 Å². The summed E-state index contributed by atoms with van der Waals surface area (Å²) >= 11 is 0. The molecule has 20 heavy (non-hydrogen) atoms. The van der Waals surface area contributed by atoms with Gasteiger partial charge < -0.3 is 4.90 Å². The molecule has 0 amide bonds. The second-order valence-electron chi connectivity index (χ2n) is 5.18. The van der Waals surface area contributed by atoms with Crippen molar-refractivity contribution in [1.82, 2.24) is 0 Å². The second kappa shape index (κ2) is 5.91. The Kier molecular flexibility index (Phi) is 3.82. The molecule has 0 N–H and O–H groups in total. The molecule has 0 aliphatic carbocycles. The molecule has 0 saturated heterocycles. The molecule has 2 heteroatoms. The highest BCUT2D eigenvalue weighted by molar-refractivity contribution is 5.49. The Morgan fingerprint density at radius 2 is 1.50 bits per heavy atom. The van der Waals surface area contributed by atoms with E-state index >= 15 is 0 Å². The molecular weight excluding hydrogens is 249 g/mol. The molecule has 2 aromatic carbocycles. The molecule has 0 bridgehead atoms. The molecule has 2 aromatic rings. The van der Waals surface area contributed by atoms with Crippen molar-refractivity contribution in [3.63, 3.8) is 0 Å². The van der Waals surface area contributed by atoms with E-state index < -0.39 is 0 Å². The van der Waals surface area contributed by atoms with Gasteiger partial charge in [0.25, 0.3) is 0 Å². The topological polar surface area (TPSA) is 3.24 Å². The normalized spacial score (nSPS) is 14.6. The fourth-order valence-electron chi connectivity index (χ4n) is 2.54. The van der Waals surface area contributed by atoms with E-state index in [1.807, 2.05) is 12.1 Å². The van der Waals surface area contributed by atoms with Crippen molar-refractivity contribution in [2.75, 3.05) is 18.0 Å². The van der Waals surface area contributed by atoms with Crippen LogP contribution in [0.1, 0.15) is 17.5 Å². The van der Waals surface area contributed by atoms with E-state index in [1.54, 1.807) is 0 Å². The van der Waals surface area contributed by atoms with Crippen LogP contribution in [-0.2, 0) is 6.42 Å². The Bertz CT molecular complexity index is 584. The number of halogens is 1. The summed E-state index contributed by atoms with van der Waals surface area (Å²) in [5.74, 6) is -0.178. The fraction of sp³-hybridized carbons (Fsp3) is 0.222. The van der Waals surface area contributed by atoms with Crippen LogP contribution >= 0.6 is 0 Å². The van der Waals surface area contributed by atoms with Crippen LogP contribution in [0.15, 0.2) is 60.7 Å². The number of nitrogens with zero attached hydrogens (tertiary/aromatic N) is 1. The Morgan fingerprint density at radius 1 is 0.850 bits per heavy atom. The predicted octanol–water partition coefficient (Wildman–Crippen LogP) is 4.18. The third kappa shape index (κ3) is 3.08. The largest absolute Gasteiger partial charge is 0.368 e. The molecule has 1 aliphatic heterocycles. The van der Waals surface area contributed by atoms with Crippen LogP contribution in [0.4, 0.5) is 10.1 Å². The molecule has 0 radical (unpaired) electrons. The molecule has 0 aromatic heterocycles. The molecule has 0 saturated carbocycles. The van der Waals surface area contributed by atoms with Gasteiger partial charge in [0.2, 0.25) is 0 Å². The summed E-state index contributed by atoms with van der Waals surface area (Å²) in [5.41, 5.74) is 3.67. The lowest BCUT2D eigenvalue weighted by Gasteiger charge is -2.25. The van der Waals surface area contributed by atoms with Crippen molar-refractivity contribution in [3.8, 4) is 0 Å². The van der Waals surface area contributed by atoms with Gasteiger partial charge in [-0.05, 0) is 48.2 Å². The van der Waals surface area contributed by atoms with Gasteiger partial charge in [-0.3, -0.25) is 0 Å².